The van der Waals surface area contributed by atoms with E-state index in [1.54, 1.807) is 13.0 Å². The van der Waals surface area contributed by atoms with Gasteiger partial charge in [0.25, 0.3) is 0 Å². The molecule has 1 rings (SSSR count). The maximum Gasteiger partial charge on any atom is 0.328 e. The van der Waals surface area contributed by atoms with Gasteiger partial charge in [0, 0.05) is 11.1 Å². The predicted molar refractivity (Wildman–Crippen MR) is 77.8 cm³/mol. The van der Waals surface area contributed by atoms with Crippen molar-refractivity contribution in [1.29, 1.82) is 0 Å². The molecule has 0 fully saturated rings. The fourth-order valence-corrected chi connectivity index (χ4v) is 1.93. The molecule has 0 aliphatic carbocycles. The molecule has 0 aliphatic rings. The molecule has 108 valence electrons. The van der Waals surface area contributed by atoms with Gasteiger partial charge in [-0.3, -0.25) is 4.79 Å². The minimum Gasteiger partial charge on any atom is -0.493 e. The fourth-order valence-electron chi connectivity index (χ4n) is 1.78. The van der Waals surface area contributed by atoms with Crippen molar-refractivity contribution in [3.8, 4) is 5.75 Å². The zero-order valence-electron chi connectivity index (χ0n) is 11.7. The van der Waals surface area contributed by atoms with Crippen LogP contribution >= 0.6 is 11.6 Å². The Balaban J connectivity index is 3.30. The Labute approximate surface area is 123 Å². The average Bonchev–Trinajstić information content (AvgIpc) is 2.39. The summed E-state index contributed by atoms with van der Waals surface area (Å²) in [5.74, 6) is -1.17. The number of rotatable bonds is 6. The van der Waals surface area contributed by atoms with Crippen LogP contribution in [0.3, 0.4) is 0 Å². The van der Waals surface area contributed by atoms with Crippen molar-refractivity contribution in [3.63, 3.8) is 0 Å². The molecular weight excluding hydrogens is 280 g/mol. The van der Waals surface area contributed by atoms with Crippen molar-refractivity contribution >= 4 is 23.4 Å². The van der Waals surface area contributed by atoms with Gasteiger partial charge in [-0.25, -0.2) is 4.79 Å². The summed E-state index contributed by atoms with van der Waals surface area (Å²) in [6, 6.07) is 1.70. The van der Waals surface area contributed by atoms with Gasteiger partial charge in [0.1, 0.15) is 5.75 Å². The van der Waals surface area contributed by atoms with Crippen molar-refractivity contribution in [2.75, 3.05) is 6.61 Å². The first-order valence-electron chi connectivity index (χ1n) is 6.26. The number of allylic oxidation sites excluding steroid dienone is 1. The van der Waals surface area contributed by atoms with E-state index in [1.807, 2.05) is 13.8 Å². The lowest BCUT2D eigenvalue weighted by Gasteiger charge is -2.14. The maximum absolute atomic E-state index is 12.1. The van der Waals surface area contributed by atoms with Gasteiger partial charge in [-0.15, -0.1) is 0 Å². The summed E-state index contributed by atoms with van der Waals surface area (Å²) in [5, 5.41) is 9.08. The van der Waals surface area contributed by atoms with Crippen LogP contribution in [0, 0.1) is 13.8 Å². The van der Waals surface area contributed by atoms with Crippen molar-refractivity contribution in [2.24, 2.45) is 0 Å². The quantitative estimate of drug-likeness (QED) is 0.644. The Hall–Kier alpha value is -1.81. The molecular formula is C15H17ClO4. The van der Waals surface area contributed by atoms with Crippen LogP contribution in [-0.4, -0.2) is 23.5 Å². The molecule has 0 amide bonds. The molecule has 0 unspecified atom stereocenters. The van der Waals surface area contributed by atoms with Crippen molar-refractivity contribution in [3.05, 3.63) is 39.9 Å². The number of carbonyl (C=O) groups is 2. The molecule has 0 aliphatic heterocycles. The molecule has 0 bridgehead atoms. The number of ketones is 1. The van der Waals surface area contributed by atoms with Gasteiger partial charge in [0.05, 0.1) is 12.2 Å². The first kappa shape index (κ1) is 16.2. The van der Waals surface area contributed by atoms with Crippen LogP contribution in [0.5, 0.6) is 5.75 Å². The summed E-state index contributed by atoms with van der Waals surface area (Å²) in [4.78, 5) is 22.6. The first-order valence-corrected chi connectivity index (χ1v) is 6.64. The van der Waals surface area contributed by atoms with Gasteiger partial charge in [-0.2, -0.15) is 0 Å². The molecule has 0 saturated heterocycles. The van der Waals surface area contributed by atoms with Gasteiger partial charge in [-0.05, 0) is 43.5 Å². The SMILES string of the molecule is CCCOc1cc(C)c(Cl)c(C)c1C(=O)/C=C/C(=O)O. The van der Waals surface area contributed by atoms with Gasteiger partial charge < -0.3 is 9.84 Å². The molecule has 1 aromatic rings. The van der Waals surface area contributed by atoms with E-state index in [1.165, 1.54) is 0 Å². The van der Waals surface area contributed by atoms with E-state index in [0.29, 0.717) is 28.5 Å². The summed E-state index contributed by atoms with van der Waals surface area (Å²) in [6.45, 7) is 5.98. The maximum atomic E-state index is 12.1. The van der Waals surface area contributed by atoms with Gasteiger partial charge >= 0.3 is 5.97 Å². The number of aryl methyl sites for hydroxylation is 1. The third kappa shape index (κ3) is 3.84. The summed E-state index contributed by atoms with van der Waals surface area (Å²) in [7, 11) is 0. The summed E-state index contributed by atoms with van der Waals surface area (Å²) >= 11 is 6.15. The van der Waals surface area contributed by atoms with E-state index in [9.17, 15) is 9.59 Å². The number of halogens is 1. The van der Waals surface area contributed by atoms with Gasteiger partial charge in [0.2, 0.25) is 0 Å². The molecule has 1 aromatic carbocycles. The molecule has 0 atom stereocenters. The number of ether oxygens (including phenoxy) is 1. The molecule has 1 N–H and O–H groups in total. The first-order chi connectivity index (χ1) is 9.38. The highest BCUT2D eigenvalue weighted by Crippen LogP contribution is 2.32. The van der Waals surface area contributed by atoms with Crippen molar-refractivity contribution < 1.29 is 19.4 Å². The number of carboxylic acids is 1. The van der Waals surface area contributed by atoms with Crippen molar-refractivity contribution in [2.45, 2.75) is 27.2 Å². The van der Waals surface area contributed by atoms with Crippen LogP contribution < -0.4 is 4.74 Å². The number of benzene rings is 1. The lowest BCUT2D eigenvalue weighted by Crippen LogP contribution is -2.07. The third-order valence-electron chi connectivity index (χ3n) is 2.73. The van der Waals surface area contributed by atoms with E-state index in [-0.39, 0.29) is 0 Å². The minimum atomic E-state index is -1.18. The number of carboxylic acid groups (broad SMARTS) is 1. The Morgan fingerprint density at radius 3 is 2.55 bits per heavy atom. The van der Waals surface area contributed by atoms with Crippen LogP contribution in [0.25, 0.3) is 0 Å². The normalized spacial score (nSPS) is 10.8. The van der Waals surface area contributed by atoms with E-state index in [0.717, 1.165) is 24.1 Å². The van der Waals surface area contributed by atoms with E-state index < -0.39 is 11.8 Å². The van der Waals surface area contributed by atoms with Crippen LogP contribution in [0.2, 0.25) is 5.02 Å². The third-order valence-corrected chi connectivity index (χ3v) is 3.31. The van der Waals surface area contributed by atoms with E-state index >= 15 is 0 Å². The number of hydrogen-bond donors (Lipinski definition) is 1. The second-order valence-electron chi connectivity index (χ2n) is 4.39. The molecule has 0 heterocycles. The standard InChI is InChI=1S/C15H17ClO4/c1-4-7-20-12-8-9(2)15(16)10(3)14(12)11(17)5-6-13(18)19/h5-6,8H,4,7H2,1-3H3,(H,18,19)/b6-5+. The summed E-state index contributed by atoms with van der Waals surface area (Å²) in [6.07, 6.45) is 2.62. The fraction of sp³-hybridized carbons (Fsp3) is 0.333. The van der Waals surface area contributed by atoms with Gasteiger partial charge in [0.15, 0.2) is 5.78 Å². The van der Waals surface area contributed by atoms with E-state index in [4.69, 9.17) is 21.4 Å². The molecule has 0 aromatic heterocycles. The lowest BCUT2D eigenvalue weighted by molar-refractivity contribution is -0.131. The predicted octanol–water partition coefficient (Wildman–Crippen LogP) is 3.57. The molecule has 5 heteroatoms. The molecule has 4 nitrogen and oxygen atoms in total. The van der Waals surface area contributed by atoms with Crippen LogP contribution in [0.1, 0.15) is 34.8 Å². The number of hydrogen-bond acceptors (Lipinski definition) is 3. The van der Waals surface area contributed by atoms with Crippen LogP contribution in [-0.2, 0) is 4.79 Å². The molecule has 0 spiro atoms. The van der Waals surface area contributed by atoms with Crippen molar-refractivity contribution in [1.82, 2.24) is 0 Å². The highest BCUT2D eigenvalue weighted by molar-refractivity contribution is 6.33. The highest BCUT2D eigenvalue weighted by Gasteiger charge is 2.18. The van der Waals surface area contributed by atoms with E-state index in [2.05, 4.69) is 0 Å². The van der Waals surface area contributed by atoms with Crippen LogP contribution in [0.4, 0.5) is 0 Å². The van der Waals surface area contributed by atoms with Crippen LogP contribution in [0.15, 0.2) is 18.2 Å². The lowest BCUT2D eigenvalue weighted by atomic mass is 10.00. The molecule has 0 radical (unpaired) electrons. The second-order valence-corrected chi connectivity index (χ2v) is 4.77. The highest BCUT2D eigenvalue weighted by atomic mass is 35.5. The Bertz CT molecular complexity index is 561. The smallest absolute Gasteiger partial charge is 0.328 e. The topological polar surface area (TPSA) is 63.6 Å². The Kier molecular flexibility index (Phi) is 5.77. The monoisotopic (exact) mass is 296 g/mol. The zero-order valence-corrected chi connectivity index (χ0v) is 12.5. The largest absolute Gasteiger partial charge is 0.493 e. The second kappa shape index (κ2) is 7.10. The average molecular weight is 297 g/mol. The number of carbonyl (C=O) groups excluding carboxylic acids is 1. The summed E-state index contributed by atoms with van der Waals surface area (Å²) < 4.78 is 5.57. The zero-order chi connectivity index (χ0) is 15.3. The minimum absolute atomic E-state index is 0.312. The van der Waals surface area contributed by atoms with Gasteiger partial charge in [-0.1, -0.05) is 18.5 Å². The molecule has 20 heavy (non-hydrogen) atoms. The number of aliphatic carboxylic acids is 1. The molecule has 0 saturated carbocycles. The Morgan fingerprint density at radius 1 is 1.35 bits per heavy atom. The Morgan fingerprint density at radius 2 is 2.00 bits per heavy atom. The summed E-state index contributed by atoms with van der Waals surface area (Å²) in [5.41, 5.74) is 1.72.